The van der Waals surface area contributed by atoms with Crippen molar-refractivity contribution in [2.45, 2.75) is 6.42 Å². The lowest BCUT2D eigenvalue weighted by atomic mass is 10.1. The largest absolute Gasteiger partial charge is 0.493 e. The maximum absolute atomic E-state index is 9.31. The number of morpholine rings is 1. The van der Waals surface area contributed by atoms with Crippen LogP contribution in [0.4, 0.5) is 0 Å². The second-order valence-electron chi connectivity index (χ2n) is 4.78. The van der Waals surface area contributed by atoms with E-state index in [4.69, 9.17) is 14.2 Å². The zero-order valence-corrected chi connectivity index (χ0v) is 12.5. The van der Waals surface area contributed by atoms with Crippen LogP contribution in [-0.4, -0.2) is 45.4 Å². The van der Waals surface area contributed by atoms with E-state index in [1.54, 1.807) is 14.2 Å². The predicted octanol–water partition coefficient (Wildman–Crippen LogP) is 1.99. The zero-order chi connectivity index (χ0) is 15.1. The van der Waals surface area contributed by atoms with Crippen LogP contribution in [0.1, 0.15) is 5.56 Å². The van der Waals surface area contributed by atoms with E-state index < -0.39 is 0 Å². The third-order valence-electron chi connectivity index (χ3n) is 3.37. The Labute approximate surface area is 125 Å². The lowest BCUT2D eigenvalue weighted by Gasteiger charge is -2.25. The molecule has 1 aliphatic heterocycles. The Balaban J connectivity index is 2.11. The second kappa shape index (κ2) is 7.55. The van der Waals surface area contributed by atoms with Gasteiger partial charge >= 0.3 is 0 Å². The summed E-state index contributed by atoms with van der Waals surface area (Å²) in [4.78, 5) is 2.13. The van der Waals surface area contributed by atoms with Crippen molar-refractivity contribution in [2.75, 3.05) is 40.5 Å². The highest BCUT2D eigenvalue weighted by atomic mass is 16.5. The first-order valence-corrected chi connectivity index (χ1v) is 6.90. The maximum Gasteiger partial charge on any atom is 0.160 e. The fourth-order valence-corrected chi connectivity index (χ4v) is 2.25. The van der Waals surface area contributed by atoms with Gasteiger partial charge in [0.2, 0.25) is 0 Å². The first kappa shape index (κ1) is 15.2. The van der Waals surface area contributed by atoms with Gasteiger partial charge in [-0.15, -0.1) is 0 Å². The Kier molecular flexibility index (Phi) is 5.47. The molecule has 5 nitrogen and oxygen atoms in total. The van der Waals surface area contributed by atoms with Crippen molar-refractivity contribution < 1.29 is 14.2 Å². The van der Waals surface area contributed by atoms with Gasteiger partial charge in [0.15, 0.2) is 11.5 Å². The van der Waals surface area contributed by atoms with E-state index in [9.17, 15) is 5.26 Å². The highest BCUT2D eigenvalue weighted by Crippen LogP contribution is 2.28. The van der Waals surface area contributed by atoms with Crippen molar-refractivity contribution in [3.63, 3.8) is 0 Å². The van der Waals surface area contributed by atoms with E-state index in [1.807, 2.05) is 24.4 Å². The number of hydrogen-bond donors (Lipinski definition) is 0. The van der Waals surface area contributed by atoms with Crippen LogP contribution in [0.15, 0.2) is 30.0 Å². The van der Waals surface area contributed by atoms with Gasteiger partial charge in [0.1, 0.15) is 0 Å². The molecule has 1 aliphatic rings. The molecule has 0 amide bonds. The van der Waals surface area contributed by atoms with Gasteiger partial charge in [0.05, 0.1) is 33.5 Å². The molecule has 112 valence electrons. The number of allylic oxidation sites excluding steroid dienone is 1. The summed E-state index contributed by atoms with van der Waals surface area (Å²) in [5.41, 5.74) is 1.75. The summed E-state index contributed by atoms with van der Waals surface area (Å²) in [6.07, 6.45) is 2.51. The summed E-state index contributed by atoms with van der Waals surface area (Å²) in [5, 5.41) is 9.31. The molecule has 0 saturated carbocycles. The van der Waals surface area contributed by atoms with Gasteiger partial charge < -0.3 is 19.1 Å². The Bertz CT molecular complexity index is 543. The molecule has 2 rings (SSSR count). The minimum Gasteiger partial charge on any atom is -0.493 e. The molecule has 5 heteroatoms. The van der Waals surface area contributed by atoms with E-state index in [-0.39, 0.29) is 0 Å². The molecule has 0 bridgehead atoms. The number of hydrogen-bond acceptors (Lipinski definition) is 5. The minimum atomic E-state index is 0.578. The SMILES string of the molecule is COc1ccc(C/C(C#N)=C/N2CCOCC2)cc1OC. The lowest BCUT2D eigenvalue weighted by Crippen LogP contribution is -2.32. The van der Waals surface area contributed by atoms with Crippen LogP contribution in [0.2, 0.25) is 0 Å². The Morgan fingerprint density at radius 3 is 2.62 bits per heavy atom. The molecule has 21 heavy (non-hydrogen) atoms. The highest BCUT2D eigenvalue weighted by molar-refractivity contribution is 5.44. The standard InChI is InChI=1S/C16H20N2O3/c1-19-15-4-3-13(10-16(15)20-2)9-14(11-17)12-18-5-7-21-8-6-18/h3-4,10,12H,5-9H2,1-2H3/b14-12-. The fraction of sp³-hybridized carbons (Fsp3) is 0.438. The molecule has 0 aliphatic carbocycles. The quantitative estimate of drug-likeness (QED) is 0.776. The number of rotatable bonds is 5. The Hall–Kier alpha value is -2.19. The van der Waals surface area contributed by atoms with E-state index in [1.165, 1.54) is 0 Å². The molecule has 1 heterocycles. The van der Waals surface area contributed by atoms with Crippen molar-refractivity contribution in [3.05, 3.63) is 35.5 Å². The summed E-state index contributed by atoms with van der Waals surface area (Å²) in [6, 6.07) is 7.99. The van der Waals surface area contributed by atoms with Gasteiger partial charge in [-0.3, -0.25) is 0 Å². The van der Waals surface area contributed by atoms with Crippen LogP contribution >= 0.6 is 0 Å². The molecule has 1 aromatic carbocycles. The summed E-state index contributed by atoms with van der Waals surface area (Å²) >= 11 is 0. The summed E-state index contributed by atoms with van der Waals surface area (Å²) in [6.45, 7) is 3.09. The summed E-state index contributed by atoms with van der Waals surface area (Å²) in [7, 11) is 3.22. The molecule has 0 radical (unpaired) electrons. The van der Waals surface area contributed by atoms with Gasteiger partial charge in [-0.1, -0.05) is 6.07 Å². The summed E-state index contributed by atoms with van der Waals surface area (Å²) < 4.78 is 15.8. The van der Waals surface area contributed by atoms with Crippen molar-refractivity contribution in [1.29, 1.82) is 5.26 Å². The van der Waals surface area contributed by atoms with Crippen LogP contribution in [0.25, 0.3) is 0 Å². The molecule has 1 saturated heterocycles. The molecule has 0 spiro atoms. The smallest absolute Gasteiger partial charge is 0.160 e. The van der Waals surface area contributed by atoms with Crippen LogP contribution < -0.4 is 9.47 Å². The highest BCUT2D eigenvalue weighted by Gasteiger charge is 2.10. The molecular weight excluding hydrogens is 268 g/mol. The normalized spacial score (nSPS) is 15.5. The average molecular weight is 288 g/mol. The van der Waals surface area contributed by atoms with E-state index in [0.717, 1.165) is 24.2 Å². The van der Waals surface area contributed by atoms with Crippen LogP contribution in [0, 0.1) is 11.3 Å². The van der Waals surface area contributed by atoms with E-state index in [0.29, 0.717) is 31.1 Å². The summed E-state index contributed by atoms with van der Waals surface area (Å²) in [5.74, 6) is 1.37. The van der Waals surface area contributed by atoms with Gasteiger partial charge in [0.25, 0.3) is 0 Å². The Morgan fingerprint density at radius 1 is 1.29 bits per heavy atom. The monoisotopic (exact) mass is 288 g/mol. The maximum atomic E-state index is 9.31. The van der Waals surface area contributed by atoms with Crippen LogP contribution in [0.5, 0.6) is 11.5 Å². The number of benzene rings is 1. The predicted molar refractivity (Wildman–Crippen MR) is 79.3 cm³/mol. The zero-order valence-electron chi connectivity index (χ0n) is 12.5. The molecular formula is C16H20N2O3. The number of methoxy groups -OCH3 is 2. The number of nitrogens with zero attached hydrogens (tertiary/aromatic N) is 2. The molecule has 1 fully saturated rings. The van der Waals surface area contributed by atoms with Crippen molar-refractivity contribution in [2.24, 2.45) is 0 Å². The fourth-order valence-electron chi connectivity index (χ4n) is 2.25. The van der Waals surface area contributed by atoms with Crippen molar-refractivity contribution in [3.8, 4) is 17.6 Å². The van der Waals surface area contributed by atoms with Gasteiger partial charge in [-0.25, -0.2) is 0 Å². The third kappa shape index (κ3) is 4.14. The molecule has 0 N–H and O–H groups in total. The van der Waals surface area contributed by atoms with Crippen LogP contribution in [-0.2, 0) is 11.2 Å². The van der Waals surface area contributed by atoms with Crippen LogP contribution in [0.3, 0.4) is 0 Å². The average Bonchev–Trinajstić information content (AvgIpc) is 2.55. The number of ether oxygens (including phenoxy) is 3. The molecule has 1 aromatic rings. The van der Waals surface area contributed by atoms with E-state index >= 15 is 0 Å². The first-order valence-electron chi connectivity index (χ1n) is 6.90. The van der Waals surface area contributed by atoms with Crippen molar-refractivity contribution >= 4 is 0 Å². The molecule has 0 unspecified atom stereocenters. The Morgan fingerprint density at radius 2 is 2.00 bits per heavy atom. The van der Waals surface area contributed by atoms with Gasteiger partial charge in [-0.2, -0.15) is 5.26 Å². The first-order chi connectivity index (χ1) is 10.3. The molecule has 0 aromatic heterocycles. The topological polar surface area (TPSA) is 54.7 Å². The van der Waals surface area contributed by atoms with Gasteiger partial charge in [0, 0.05) is 31.3 Å². The van der Waals surface area contributed by atoms with E-state index in [2.05, 4.69) is 11.0 Å². The lowest BCUT2D eigenvalue weighted by molar-refractivity contribution is 0.0591. The van der Waals surface area contributed by atoms with Crippen molar-refractivity contribution in [1.82, 2.24) is 4.90 Å². The third-order valence-corrected chi connectivity index (χ3v) is 3.37. The second-order valence-corrected chi connectivity index (χ2v) is 4.78. The minimum absolute atomic E-state index is 0.578. The van der Waals surface area contributed by atoms with Gasteiger partial charge in [-0.05, 0) is 17.7 Å². The number of nitriles is 1. The molecule has 0 atom stereocenters.